The largest absolute Gasteiger partial charge is 0.508 e. The van der Waals surface area contributed by atoms with E-state index in [2.05, 4.69) is 48.9 Å². The van der Waals surface area contributed by atoms with Gasteiger partial charge in [-0.3, -0.25) is 5.10 Å². The van der Waals surface area contributed by atoms with E-state index in [0.717, 1.165) is 53.3 Å². The van der Waals surface area contributed by atoms with E-state index < -0.39 is 0 Å². The molecule has 0 aliphatic heterocycles. The second-order valence-electron chi connectivity index (χ2n) is 7.09. The number of aromatic amines is 2. The van der Waals surface area contributed by atoms with Gasteiger partial charge in [-0.15, -0.1) is 5.10 Å². The first kappa shape index (κ1) is 18.6. The van der Waals surface area contributed by atoms with Gasteiger partial charge in [0.15, 0.2) is 5.82 Å². The Morgan fingerprint density at radius 1 is 1.07 bits per heavy atom. The van der Waals surface area contributed by atoms with E-state index in [9.17, 15) is 5.11 Å². The number of H-pyrrole nitrogens is 2. The molecule has 29 heavy (non-hydrogen) atoms. The van der Waals surface area contributed by atoms with Gasteiger partial charge in [-0.05, 0) is 74.2 Å². The Morgan fingerprint density at radius 2 is 1.86 bits per heavy atom. The van der Waals surface area contributed by atoms with Crippen LogP contribution in [-0.2, 0) is 13.0 Å². The zero-order valence-electron chi connectivity index (χ0n) is 16.5. The van der Waals surface area contributed by atoms with E-state index >= 15 is 0 Å². The minimum absolute atomic E-state index is 0.260. The Balaban J connectivity index is 1.59. The SMILES string of the molecule is Cc1cc(O)ccc1C#Cc1ccc(-c2n[nH][nH]2)cc1CCCn1ccnc1C. The molecular formula is C23H23N5O. The summed E-state index contributed by atoms with van der Waals surface area (Å²) in [6, 6.07) is 11.5. The van der Waals surface area contributed by atoms with Crippen LogP contribution >= 0.6 is 0 Å². The second kappa shape index (κ2) is 8.11. The molecule has 3 N–H and O–H groups in total. The van der Waals surface area contributed by atoms with Gasteiger partial charge in [-0.25, -0.2) is 10.2 Å². The molecule has 6 nitrogen and oxygen atoms in total. The second-order valence-corrected chi connectivity index (χ2v) is 7.09. The van der Waals surface area contributed by atoms with Gasteiger partial charge in [0.05, 0.1) is 0 Å². The van der Waals surface area contributed by atoms with Crippen LogP contribution in [0.25, 0.3) is 11.4 Å². The van der Waals surface area contributed by atoms with E-state index in [0.29, 0.717) is 0 Å². The molecule has 2 aromatic carbocycles. The van der Waals surface area contributed by atoms with E-state index in [1.807, 2.05) is 38.4 Å². The molecule has 146 valence electrons. The first-order valence-corrected chi connectivity index (χ1v) is 9.61. The molecule has 0 bridgehead atoms. The summed E-state index contributed by atoms with van der Waals surface area (Å²) in [5, 5.41) is 19.4. The number of aromatic nitrogens is 5. The average molecular weight is 385 g/mol. The minimum atomic E-state index is 0.260. The number of rotatable bonds is 5. The van der Waals surface area contributed by atoms with Crippen molar-refractivity contribution in [1.82, 2.24) is 25.0 Å². The van der Waals surface area contributed by atoms with Crippen molar-refractivity contribution in [3.8, 4) is 29.0 Å². The number of nitrogens with zero attached hydrogens (tertiary/aromatic N) is 3. The van der Waals surface area contributed by atoms with Gasteiger partial charge >= 0.3 is 0 Å². The Morgan fingerprint density at radius 3 is 2.55 bits per heavy atom. The summed E-state index contributed by atoms with van der Waals surface area (Å²) in [6.07, 6.45) is 5.75. The Labute approximate surface area is 169 Å². The fourth-order valence-electron chi connectivity index (χ4n) is 3.32. The maximum Gasteiger partial charge on any atom is 0.174 e. The molecule has 0 saturated heterocycles. The standard InChI is InChI=1S/C23H23N5O/c1-16-14-22(29)10-9-18(16)5-6-19-7-8-21(23-25-27-26-23)15-20(19)4-3-12-28-13-11-24-17(28)2/h7-11,13-15,27,29H,3-4,12H2,1-2H3,(H,25,26). The van der Waals surface area contributed by atoms with E-state index in [4.69, 9.17) is 0 Å². The lowest BCUT2D eigenvalue weighted by Gasteiger charge is -2.10. The maximum atomic E-state index is 9.60. The summed E-state index contributed by atoms with van der Waals surface area (Å²) in [4.78, 5) is 4.29. The van der Waals surface area contributed by atoms with E-state index in [1.165, 1.54) is 5.56 Å². The molecule has 6 heteroatoms. The molecule has 0 saturated carbocycles. The number of nitrogens with one attached hydrogen (secondary N) is 2. The molecule has 0 amide bonds. The third-order valence-electron chi connectivity index (χ3n) is 5.03. The third-order valence-corrected chi connectivity index (χ3v) is 5.03. The molecule has 0 radical (unpaired) electrons. The lowest BCUT2D eigenvalue weighted by atomic mass is 9.99. The van der Waals surface area contributed by atoms with Crippen LogP contribution in [-0.4, -0.2) is 30.1 Å². The molecule has 0 aliphatic rings. The number of aromatic hydroxyl groups is 1. The summed E-state index contributed by atoms with van der Waals surface area (Å²) >= 11 is 0. The van der Waals surface area contributed by atoms with E-state index in [-0.39, 0.29) is 5.75 Å². The van der Waals surface area contributed by atoms with Crippen molar-refractivity contribution < 1.29 is 5.11 Å². The number of phenols is 1. The van der Waals surface area contributed by atoms with Crippen LogP contribution in [0.5, 0.6) is 5.75 Å². The highest BCUT2D eigenvalue weighted by molar-refractivity contribution is 5.60. The van der Waals surface area contributed by atoms with Gasteiger partial charge in [0, 0.05) is 35.6 Å². The summed E-state index contributed by atoms with van der Waals surface area (Å²) < 4.78 is 2.16. The van der Waals surface area contributed by atoms with Crippen LogP contribution in [0.1, 0.15) is 34.5 Å². The first-order chi connectivity index (χ1) is 14.1. The van der Waals surface area contributed by atoms with Gasteiger partial charge in [-0.2, -0.15) is 0 Å². The average Bonchev–Trinajstić information content (AvgIpc) is 3.06. The fraction of sp³-hybridized carbons (Fsp3) is 0.217. The normalized spacial score (nSPS) is 10.7. The van der Waals surface area contributed by atoms with Gasteiger partial charge in [0.25, 0.3) is 0 Å². The monoisotopic (exact) mass is 385 g/mol. The summed E-state index contributed by atoms with van der Waals surface area (Å²) in [5.41, 5.74) is 5.13. The zero-order chi connectivity index (χ0) is 20.2. The predicted octanol–water partition coefficient (Wildman–Crippen LogP) is 3.96. The number of hydrogen-bond acceptors (Lipinski definition) is 3. The van der Waals surface area contributed by atoms with Crippen LogP contribution in [0.15, 0.2) is 48.8 Å². The lowest BCUT2D eigenvalue weighted by molar-refractivity contribution is 0.475. The van der Waals surface area contributed by atoms with E-state index in [1.54, 1.807) is 12.1 Å². The third kappa shape index (κ3) is 4.25. The van der Waals surface area contributed by atoms with Crippen molar-refractivity contribution in [3.05, 3.63) is 76.9 Å². The molecule has 2 heterocycles. The molecule has 4 aromatic rings. The van der Waals surface area contributed by atoms with Crippen molar-refractivity contribution in [3.63, 3.8) is 0 Å². The van der Waals surface area contributed by atoms with Crippen molar-refractivity contribution >= 4 is 0 Å². The fourth-order valence-corrected chi connectivity index (χ4v) is 3.32. The van der Waals surface area contributed by atoms with Crippen LogP contribution in [0.3, 0.4) is 0 Å². The van der Waals surface area contributed by atoms with Gasteiger partial charge < -0.3 is 9.67 Å². The summed E-state index contributed by atoms with van der Waals surface area (Å²) in [7, 11) is 0. The molecule has 0 spiro atoms. The maximum absolute atomic E-state index is 9.60. The molecule has 0 fully saturated rings. The highest BCUT2D eigenvalue weighted by atomic mass is 16.3. The smallest absolute Gasteiger partial charge is 0.174 e. The molecule has 0 unspecified atom stereocenters. The highest BCUT2D eigenvalue weighted by Gasteiger charge is 2.08. The van der Waals surface area contributed by atoms with Gasteiger partial charge in [-0.1, -0.05) is 11.8 Å². The molecule has 0 aliphatic carbocycles. The Bertz CT molecular complexity index is 1180. The predicted molar refractivity (Wildman–Crippen MR) is 112 cm³/mol. The number of aryl methyl sites for hydroxylation is 4. The van der Waals surface area contributed by atoms with Crippen LogP contribution in [0, 0.1) is 25.7 Å². The van der Waals surface area contributed by atoms with Crippen molar-refractivity contribution in [2.45, 2.75) is 33.2 Å². The van der Waals surface area contributed by atoms with Crippen LogP contribution in [0.4, 0.5) is 0 Å². The Hall–Kier alpha value is -3.72. The van der Waals surface area contributed by atoms with Crippen LogP contribution < -0.4 is 0 Å². The minimum Gasteiger partial charge on any atom is -0.508 e. The van der Waals surface area contributed by atoms with Gasteiger partial charge in [0.1, 0.15) is 11.6 Å². The van der Waals surface area contributed by atoms with Crippen molar-refractivity contribution in [1.29, 1.82) is 0 Å². The quantitative estimate of drug-likeness (QED) is 0.455. The first-order valence-electron chi connectivity index (χ1n) is 9.61. The molecule has 4 rings (SSSR count). The van der Waals surface area contributed by atoms with Crippen LogP contribution in [0.2, 0.25) is 0 Å². The van der Waals surface area contributed by atoms with Crippen molar-refractivity contribution in [2.24, 2.45) is 0 Å². The number of benzene rings is 2. The summed E-state index contributed by atoms with van der Waals surface area (Å²) in [5.74, 6) is 8.70. The highest BCUT2D eigenvalue weighted by Crippen LogP contribution is 2.21. The number of imidazole rings is 1. The van der Waals surface area contributed by atoms with Gasteiger partial charge in [0.2, 0.25) is 0 Å². The molecule has 0 atom stereocenters. The number of phenolic OH excluding ortho intramolecular Hbond substituents is 1. The number of hydrogen-bond donors (Lipinski definition) is 3. The lowest BCUT2D eigenvalue weighted by Crippen LogP contribution is -2.03. The van der Waals surface area contributed by atoms with Crippen molar-refractivity contribution in [2.75, 3.05) is 0 Å². The molecular weight excluding hydrogens is 362 g/mol. The Kier molecular flexibility index (Phi) is 5.21. The summed E-state index contributed by atoms with van der Waals surface area (Å²) in [6.45, 7) is 4.89. The molecule has 2 aromatic heterocycles. The topological polar surface area (TPSA) is 82.5 Å². The zero-order valence-corrected chi connectivity index (χ0v) is 16.5.